The molecule has 0 saturated carbocycles. The molecule has 14 heavy (non-hydrogen) atoms. The van der Waals surface area contributed by atoms with E-state index in [1.54, 1.807) is 24.3 Å². The van der Waals surface area contributed by atoms with Crippen molar-refractivity contribution in [2.24, 2.45) is 5.73 Å². The molecule has 1 amide bonds. The summed E-state index contributed by atoms with van der Waals surface area (Å²) < 4.78 is 0. The molecule has 0 spiro atoms. The number of primary amides is 1. The topological polar surface area (TPSA) is 80.4 Å². The zero-order chi connectivity index (χ0) is 11.0. The van der Waals surface area contributed by atoms with E-state index in [2.05, 4.69) is 5.92 Å². The van der Waals surface area contributed by atoms with E-state index in [0.717, 1.165) is 5.56 Å². The van der Waals surface area contributed by atoms with Gasteiger partial charge in [-0.2, -0.15) is 0 Å². The van der Waals surface area contributed by atoms with Crippen molar-refractivity contribution in [1.29, 1.82) is 0 Å². The largest absolute Gasteiger partial charge is 0.483 e. The van der Waals surface area contributed by atoms with E-state index >= 15 is 0 Å². The van der Waals surface area contributed by atoms with E-state index < -0.39 is 5.91 Å². The Morgan fingerprint density at radius 1 is 1.43 bits per heavy atom. The molecule has 0 radical (unpaired) electrons. The van der Waals surface area contributed by atoms with E-state index in [0.29, 0.717) is 5.56 Å². The lowest BCUT2D eigenvalue weighted by atomic mass is 10.1. The maximum Gasteiger partial charge on any atom is 0.290 e. The van der Waals surface area contributed by atoms with Gasteiger partial charge < -0.3 is 10.8 Å². The minimum atomic E-state index is -0.437. The van der Waals surface area contributed by atoms with E-state index in [9.17, 15) is 4.79 Å². The molecule has 0 atom stereocenters. The van der Waals surface area contributed by atoms with Crippen molar-refractivity contribution in [1.82, 2.24) is 0 Å². The zero-order valence-electron chi connectivity index (χ0n) is 7.31. The van der Waals surface area contributed by atoms with Crippen molar-refractivity contribution in [3.05, 3.63) is 35.4 Å². The molecule has 1 aromatic rings. The average molecular weight is 191 g/mol. The molecule has 0 aliphatic carbocycles. The smallest absolute Gasteiger partial charge is 0.290 e. The molecular formula is C10H9NO3. The second-order valence-electron chi connectivity index (χ2n) is 2.19. The first-order valence-corrected chi connectivity index (χ1v) is 3.60. The minimum absolute atomic E-state index is 0.250. The molecule has 0 saturated heterocycles. The third kappa shape index (κ3) is 3.93. The van der Waals surface area contributed by atoms with Crippen molar-refractivity contribution in [3.8, 4) is 12.3 Å². The Balaban J connectivity index is 0.000000500. The minimum Gasteiger partial charge on any atom is -0.483 e. The molecular weight excluding hydrogens is 182 g/mol. The number of terminal acetylenes is 1. The number of carboxylic acid groups (broad SMARTS) is 1. The van der Waals surface area contributed by atoms with Crippen LogP contribution in [0.15, 0.2) is 24.3 Å². The lowest BCUT2D eigenvalue weighted by Crippen LogP contribution is -2.10. The Bertz CT molecular complexity index is 349. The molecule has 1 aromatic carbocycles. The molecule has 0 heterocycles. The summed E-state index contributed by atoms with van der Waals surface area (Å²) in [6.07, 6.45) is 5.11. The van der Waals surface area contributed by atoms with Gasteiger partial charge in [-0.3, -0.25) is 9.59 Å². The highest BCUT2D eigenvalue weighted by molar-refractivity contribution is 5.92. The molecule has 0 bridgehead atoms. The van der Waals surface area contributed by atoms with Crippen molar-refractivity contribution >= 4 is 12.4 Å². The van der Waals surface area contributed by atoms with E-state index in [-0.39, 0.29) is 6.47 Å². The third-order valence-corrected chi connectivity index (χ3v) is 1.34. The molecule has 4 nitrogen and oxygen atoms in total. The predicted octanol–water partition coefficient (Wildman–Crippen LogP) is 0.468. The maximum absolute atomic E-state index is 10.6. The fourth-order valence-electron chi connectivity index (χ4n) is 0.731. The molecule has 3 N–H and O–H groups in total. The normalized spacial score (nSPS) is 7.64. The maximum atomic E-state index is 10.6. The van der Waals surface area contributed by atoms with Crippen LogP contribution in [-0.2, 0) is 4.79 Å². The highest BCUT2D eigenvalue weighted by atomic mass is 16.3. The summed E-state index contributed by atoms with van der Waals surface area (Å²) in [5, 5.41) is 6.89. The lowest BCUT2D eigenvalue weighted by Gasteiger charge is -1.93. The summed E-state index contributed by atoms with van der Waals surface area (Å²) in [7, 11) is 0. The molecule has 0 aliphatic rings. The number of hydrogen-bond donors (Lipinski definition) is 2. The van der Waals surface area contributed by atoms with Crippen molar-refractivity contribution < 1.29 is 14.7 Å². The van der Waals surface area contributed by atoms with Crippen LogP contribution in [0.25, 0.3) is 0 Å². The molecule has 0 aromatic heterocycles. The first-order valence-electron chi connectivity index (χ1n) is 3.60. The van der Waals surface area contributed by atoms with Gasteiger partial charge in [0.15, 0.2) is 0 Å². The van der Waals surface area contributed by atoms with Gasteiger partial charge in [-0.25, -0.2) is 0 Å². The Kier molecular flexibility index (Phi) is 5.24. The second-order valence-corrected chi connectivity index (χ2v) is 2.19. The summed E-state index contributed by atoms with van der Waals surface area (Å²) in [6, 6.07) is 6.58. The number of nitrogens with two attached hydrogens (primary N) is 1. The standard InChI is InChI=1S/C9H7NO.CH2O2/c1-2-7-3-5-8(6-4-7)9(10)11;2-1-3/h1,3-6H,(H2,10,11);1H,(H,2,3). The summed E-state index contributed by atoms with van der Waals surface area (Å²) >= 11 is 0. The second kappa shape index (κ2) is 6.26. The van der Waals surface area contributed by atoms with Gasteiger partial charge in [0.2, 0.25) is 5.91 Å². The Labute approximate surface area is 81.4 Å². The van der Waals surface area contributed by atoms with Gasteiger partial charge >= 0.3 is 0 Å². The van der Waals surface area contributed by atoms with Gasteiger partial charge in [-0.05, 0) is 24.3 Å². The number of rotatable bonds is 1. The third-order valence-electron chi connectivity index (χ3n) is 1.34. The monoisotopic (exact) mass is 191 g/mol. The number of carbonyl (C=O) groups excluding carboxylic acids is 1. The van der Waals surface area contributed by atoms with Crippen LogP contribution in [0, 0.1) is 12.3 Å². The molecule has 72 valence electrons. The first-order chi connectivity index (χ1) is 6.65. The van der Waals surface area contributed by atoms with Crippen LogP contribution >= 0.6 is 0 Å². The SMILES string of the molecule is C#Cc1ccc(C(N)=O)cc1.O=CO. The quantitative estimate of drug-likeness (QED) is 0.500. The molecule has 1 rings (SSSR count). The summed E-state index contributed by atoms with van der Waals surface area (Å²) in [4.78, 5) is 18.9. The van der Waals surface area contributed by atoms with Crippen molar-refractivity contribution in [2.75, 3.05) is 0 Å². The predicted molar refractivity (Wildman–Crippen MR) is 51.6 cm³/mol. The number of hydrogen-bond acceptors (Lipinski definition) is 2. The van der Waals surface area contributed by atoms with Gasteiger partial charge in [0, 0.05) is 11.1 Å². The Morgan fingerprint density at radius 3 is 2.14 bits per heavy atom. The first kappa shape index (κ1) is 11.7. The van der Waals surface area contributed by atoms with Crippen LogP contribution in [0.1, 0.15) is 15.9 Å². The lowest BCUT2D eigenvalue weighted by molar-refractivity contribution is -0.122. The zero-order valence-corrected chi connectivity index (χ0v) is 7.31. The highest BCUT2D eigenvalue weighted by Crippen LogP contribution is 2.01. The Morgan fingerprint density at radius 2 is 1.86 bits per heavy atom. The van der Waals surface area contributed by atoms with Crippen molar-refractivity contribution in [3.63, 3.8) is 0 Å². The van der Waals surface area contributed by atoms with Crippen LogP contribution in [0.2, 0.25) is 0 Å². The summed E-state index contributed by atoms with van der Waals surface area (Å²) in [5.41, 5.74) is 6.24. The average Bonchev–Trinajstić information content (AvgIpc) is 2.19. The molecule has 0 fully saturated rings. The van der Waals surface area contributed by atoms with E-state index in [1.807, 2.05) is 0 Å². The van der Waals surface area contributed by atoms with Gasteiger partial charge in [-0.15, -0.1) is 6.42 Å². The molecule has 4 heteroatoms. The molecule has 0 aliphatic heterocycles. The fraction of sp³-hybridized carbons (Fsp3) is 0. The van der Waals surface area contributed by atoms with Crippen LogP contribution in [0.3, 0.4) is 0 Å². The molecule has 0 unspecified atom stereocenters. The van der Waals surface area contributed by atoms with Gasteiger partial charge in [-0.1, -0.05) is 5.92 Å². The van der Waals surface area contributed by atoms with E-state index in [4.69, 9.17) is 22.1 Å². The van der Waals surface area contributed by atoms with Crippen LogP contribution in [0.4, 0.5) is 0 Å². The summed E-state index contributed by atoms with van der Waals surface area (Å²) in [5.74, 6) is 2.00. The van der Waals surface area contributed by atoms with Crippen molar-refractivity contribution in [2.45, 2.75) is 0 Å². The highest BCUT2D eigenvalue weighted by Gasteiger charge is 1.96. The van der Waals surface area contributed by atoms with Gasteiger partial charge in [0.05, 0.1) is 0 Å². The summed E-state index contributed by atoms with van der Waals surface area (Å²) in [6.45, 7) is -0.250. The Hall–Kier alpha value is -2.28. The van der Waals surface area contributed by atoms with Crippen LogP contribution in [0.5, 0.6) is 0 Å². The van der Waals surface area contributed by atoms with Crippen LogP contribution < -0.4 is 5.73 Å². The van der Waals surface area contributed by atoms with Gasteiger partial charge in [0.1, 0.15) is 0 Å². The van der Waals surface area contributed by atoms with Crippen LogP contribution in [-0.4, -0.2) is 17.5 Å². The fourth-order valence-corrected chi connectivity index (χ4v) is 0.731. The number of carbonyl (C=O) groups is 2. The number of benzene rings is 1. The number of amides is 1. The van der Waals surface area contributed by atoms with E-state index in [1.165, 1.54) is 0 Å². The van der Waals surface area contributed by atoms with Gasteiger partial charge in [0.25, 0.3) is 6.47 Å².